The van der Waals surface area contributed by atoms with Crippen LogP contribution in [0.1, 0.15) is 24.8 Å². The monoisotopic (exact) mass is 566 g/mol. The van der Waals surface area contributed by atoms with Crippen LogP contribution in [0.4, 0.5) is 42.6 Å². The number of amides is 2. The second-order valence-electron chi connectivity index (χ2n) is 8.56. The van der Waals surface area contributed by atoms with Crippen molar-refractivity contribution in [3.05, 3.63) is 35.9 Å². The quantitative estimate of drug-likeness (QED) is 0.547. The van der Waals surface area contributed by atoms with Crippen molar-refractivity contribution in [1.29, 1.82) is 0 Å². The number of aromatic nitrogens is 3. The van der Waals surface area contributed by atoms with Gasteiger partial charge in [0.1, 0.15) is 23.8 Å². The molecule has 2 aliphatic rings. The smallest absolute Gasteiger partial charge is 0.472 e. The molecule has 3 heterocycles. The fourth-order valence-corrected chi connectivity index (χ4v) is 3.89. The van der Waals surface area contributed by atoms with E-state index in [4.69, 9.17) is 9.47 Å². The topological polar surface area (TPSA) is 110 Å². The number of anilines is 2. The normalized spacial score (nSPS) is 19.1. The first kappa shape index (κ1) is 28.4. The molecule has 212 valence electrons. The Balaban J connectivity index is 1.64. The molecule has 2 aliphatic heterocycles. The highest BCUT2D eigenvalue weighted by molar-refractivity contribution is 6.17. The second kappa shape index (κ2) is 11.3. The summed E-state index contributed by atoms with van der Waals surface area (Å²) in [6.07, 6.45) is -12.3. The van der Waals surface area contributed by atoms with Crippen molar-refractivity contribution >= 4 is 23.7 Å². The Hall–Kier alpha value is -3.60. The van der Waals surface area contributed by atoms with Crippen LogP contribution in [-0.4, -0.2) is 78.0 Å². The van der Waals surface area contributed by atoms with E-state index in [0.29, 0.717) is 25.1 Å². The third kappa shape index (κ3) is 6.89. The maximum absolute atomic E-state index is 13.2. The van der Waals surface area contributed by atoms with Crippen molar-refractivity contribution in [3.8, 4) is 5.75 Å². The Morgan fingerprint density at radius 1 is 0.974 bits per heavy atom. The number of hydrogen-bond donors (Lipinski definition) is 1. The zero-order valence-electron chi connectivity index (χ0n) is 19.9. The number of hydrogen-bond acceptors (Lipinski definition) is 9. The van der Waals surface area contributed by atoms with Gasteiger partial charge < -0.3 is 19.7 Å². The van der Waals surface area contributed by atoms with E-state index in [1.807, 2.05) is 0 Å². The largest absolute Gasteiger partial charge is 0.490 e. The van der Waals surface area contributed by atoms with Gasteiger partial charge in [0.25, 0.3) is 0 Å². The standard InChI is InChI=1S/C22H21F7N6O4/c23-12-1-3-13(4-2-12)39-14-5-8-34(9-6-14)19-31-16(15-11-30-7-10-38-15)32-20(33-19)35(17(36)21(24,25)26)18(37)22(27,28)29/h1-4,14-15,30H,5-11H2. The number of rotatable bonds is 5. The first-order valence-electron chi connectivity index (χ1n) is 11.6. The average molecular weight is 566 g/mol. The third-order valence-corrected chi connectivity index (χ3v) is 5.78. The lowest BCUT2D eigenvalue weighted by atomic mass is 10.1. The van der Waals surface area contributed by atoms with E-state index >= 15 is 0 Å². The highest BCUT2D eigenvalue weighted by Crippen LogP contribution is 2.30. The summed E-state index contributed by atoms with van der Waals surface area (Å²) in [5.74, 6) is -8.39. The lowest BCUT2D eigenvalue weighted by Crippen LogP contribution is -2.51. The molecule has 17 heteroatoms. The van der Waals surface area contributed by atoms with Crippen molar-refractivity contribution in [2.45, 2.75) is 37.4 Å². The van der Waals surface area contributed by atoms with Gasteiger partial charge >= 0.3 is 24.2 Å². The lowest BCUT2D eigenvalue weighted by Gasteiger charge is -2.33. The molecule has 1 aromatic heterocycles. The molecule has 39 heavy (non-hydrogen) atoms. The number of halogens is 7. The summed E-state index contributed by atoms with van der Waals surface area (Å²) >= 11 is 0. The highest BCUT2D eigenvalue weighted by Gasteiger charge is 2.54. The summed E-state index contributed by atoms with van der Waals surface area (Å²) in [6, 6.07) is 5.32. The number of benzene rings is 1. The first-order valence-corrected chi connectivity index (χ1v) is 11.6. The summed E-state index contributed by atoms with van der Waals surface area (Å²) in [5.41, 5.74) is 0. The number of ether oxygens (including phenoxy) is 2. The molecular formula is C22H21F7N6O4. The van der Waals surface area contributed by atoms with Crippen LogP contribution in [0.25, 0.3) is 0 Å². The van der Waals surface area contributed by atoms with Crippen molar-refractivity contribution in [3.63, 3.8) is 0 Å². The van der Waals surface area contributed by atoms with Crippen LogP contribution < -0.4 is 19.9 Å². The Morgan fingerprint density at radius 3 is 2.13 bits per heavy atom. The number of nitrogens with zero attached hydrogens (tertiary/aromatic N) is 5. The zero-order chi connectivity index (χ0) is 28.4. The van der Waals surface area contributed by atoms with Gasteiger partial charge in [-0.15, -0.1) is 0 Å². The number of morpholine rings is 1. The Bertz CT molecular complexity index is 1150. The minimum atomic E-state index is -5.84. The second-order valence-corrected chi connectivity index (χ2v) is 8.56. The van der Waals surface area contributed by atoms with Crippen LogP contribution in [0.15, 0.2) is 24.3 Å². The number of imide groups is 1. The Morgan fingerprint density at radius 2 is 1.59 bits per heavy atom. The maximum atomic E-state index is 13.2. The molecule has 0 spiro atoms. The van der Waals surface area contributed by atoms with Gasteiger partial charge in [0.15, 0.2) is 5.82 Å². The van der Waals surface area contributed by atoms with E-state index < -0.39 is 46.9 Å². The van der Waals surface area contributed by atoms with Crippen LogP contribution in [0, 0.1) is 5.82 Å². The Kier molecular flexibility index (Phi) is 8.20. The molecule has 1 atom stereocenters. The molecule has 1 N–H and O–H groups in total. The van der Waals surface area contributed by atoms with Crippen LogP contribution in [0.2, 0.25) is 0 Å². The number of nitrogens with one attached hydrogen (secondary N) is 1. The molecule has 0 saturated carbocycles. The summed E-state index contributed by atoms with van der Waals surface area (Å²) in [6.45, 7) is 0.933. The number of carbonyl (C=O) groups is 2. The van der Waals surface area contributed by atoms with Gasteiger partial charge in [-0.05, 0) is 24.3 Å². The minimum absolute atomic E-state index is 0.0664. The van der Waals surface area contributed by atoms with Gasteiger partial charge in [-0.2, -0.15) is 41.3 Å². The Labute approximate surface area is 216 Å². The number of piperidine rings is 1. The molecule has 10 nitrogen and oxygen atoms in total. The molecular weight excluding hydrogens is 545 g/mol. The van der Waals surface area contributed by atoms with Gasteiger partial charge in [-0.25, -0.2) is 9.29 Å². The van der Waals surface area contributed by atoms with E-state index in [9.17, 15) is 40.3 Å². The fraction of sp³-hybridized carbons (Fsp3) is 0.500. The predicted molar refractivity (Wildman–Crippen MR) is 118 cm³/mol. The van der Waals surface area contributed by atoms with E-state index in [1.165, 1.54) is 29.2 Å². The van der Waals surface area contributed by atoms with Gasteiger partial charge in [0.05, 0.1) is 6.61 Å². The minimum Gasteiger partial charge on any atom is -0.490 e. The summed E-state index contributed by atoms with van der Waals surface area (Å²) in [5, 5.41) is 2.92. The predicted octanol–water partition coefficient (Wildman–Crippen LogP) is 2.70. The first-order chi connectivity index (χ1) is 18.3. The molecule has 2 saturated heterocycles. The maximum Gasteiger partial charge on any atom is 0.472 e. The van der Waals surface area contributed by atoms with E-state index in [2.05, 4.69) is 20.3 Å². The SMILES string of the molecule is O=C(N(C(=O)C(F)(F)F)c1nc(C2CNCCO2)nc(N2CCC(Oc3ccc(F)cc3)CC2)n1)C(F)(F)F. The van der Waals surface area contributed by atoms with Crippen molar-refractivity contribution in [2.75, 3.05) is 42.6 Å². The molecule has 0 aliphatic carbocycles. The van der Waals surface area contributed by atoms with E-state index in [1.54, 1.807) is 0 Å². The fourth-order valence-electron chi connectivity index (χ4n) is 3.89. The van der Waals surface area contributed by atoms with Gasteiger partial charge in [0, 0.05) is 39.0 Å². The molecule has 0 radical (unpaired) electrons. The van der Waals surface area contributed by atoms with Gasteiger partial charge in [0.2, 0.25) is 11.9 Å². The van der Waals surface area contributed by atoms with E-state index in [-0.39, 0.29) is 44.1 Å². The zero-order valence-corrected chi connectivity index (χ0v) is 19.9. The number of carbonyl (C=O) groups excluding carboxylic acids is 2. The van der Waals surface area contributed by atoms with Crippen LogP contribution >= 0.6 is 0 Å². The van der Waals surface area contributed by atoms with Crippen molar-refractivity contribution < 1.29 is 49.8 Å². The van der Waals surface area contributed by atoms with Crippen molar-refractivity contribution in [2.24, 2.45) is 0 Å². The van der Waals surface area contributed by atoms with Crippen LogP contribution in [0.3, 0.4) is 0 Å². The average Bonchev–Trinajstić information content (AvgIpc) is 2.90. The molecule has 2 aromatic rings. The molecule has 4 rings (SSSR count). The summed E-state index contributed by atoms with van der Waals surface area (Å²) in [7, 11) is 0. The molecule has 1 unspecified atom stereocenters. The number of alkyl halides is 6. The lowest BCUT2D eigenvalue weighted by molar-refractivity contribution is -0.182. The summed E-state index contributed by atoms with van der Waals surface area (Å²) in [4.78, 5) is 35.7. The van der Waals surface area contributed by atoms with Gasteiger partial charge in [-0.3, -0.25) is 9.59 Å². The summed E-state index contributed by atoms with van der Waals surface area (Å²) < 4.78 is 104. The molecule has 1 aromatic carbocycles. The van der Waals surface area contributed by atoms with Gasteiger partial charge in [-0.1, -0.05) is 0 Å². The van der Waals surface area contributed by atoms with Crippen LogP contribution in [0.5, 0.6) is 5.75 Å². The molecule has 2 amide bonds. The highest BCUT2D eigenvalue weighted by atomic mass is 19.4. The van der Waals surface area contributed by atoms with Crippen molar-refractivity contribution in [1.82, 2.24) is 20.3 Å². The third-order valence-electron chi connectivity index (χ3n) is 5.78. The van der Waals surface area contributed by atoms with Crippen LogP contribution in [-0.2, 0) is 14.3 Å². The molecule has 2 fully saturated rings. The molecule has 0 bridgehead atoms. The van der Waals surface area contributed by atoms with E-state index in [0.717, 1.165) is 0 Å².